The van der Waals surface area contributed by atoms with Crippen molar-refractivity contribution >= 4 is 23.7 Å². The highest BCUT2D eigenvalue weighted by Gasteiger charge is 2.13. The maximum Gasteiger partial charge on any atom is 0.0793 e. The molecule has 13 heavy (non-hydrogen) atoms. The molecule has 2 rings (SSSR count). The molecule has 0 N–H and O–H groups in total. The summed E-state index contributed by atoms with van der Waals surface area (Å²) in [5, 5.41) is 0. The summed E-state index contributed by atoms with van der Waals surface area (Å²) in [7, 11) is 0. The van der Waals surface area contributed by atoms with Crippen LogP contribution in [0.2, 0.25) is 0 Å². The van der Waals surface area contributed by atoms with Gasteiger partial charge in [-0.05, 0) is 30.2 Å². The summed E-state index contributed by atoms with van der Waals surface area (Å²) < 4.78 is 0. The van der Waals surface area contributed by atoms with Crippen molar-refractivity contribution in [2.75, 3.05) is 6.26 Å². The average molecular weight is 191 g/mol. The van der Waals surface area contributed by atoms with Crippen LogP contribution >= 0.6 is 11.8 Å². The Bertz CT molecular complexity index is 344. The third kappa shape index (κ3) is 1.63. The first-order valence-corrected chi connectivity index (χ1v) is 5.74. The zero-order valence-corrected chi connectivity index (χ0v) is 8.77. The molecule has 68 valence electrons. The van der Waals surface area contributed by atoms with Gasteiger partial charge < -0.3 is 0 Å². The van der Waals surface area contributed by atoms with Gasteiger partial charge in [-0.2, -0.15) is 0 Å². The van der Waals surface area contributed by atoms with E-state index in [0.717, 1.165) is 6.42 Å². The second-order valence-corrected chi connectivity index (χ2v) is 4.28. The van der Waals surface area contributed by atoms with Crippen molar-refractivity contribution in [1.29, 1.82) is 0 Å². The Morgan fingerprint density at radius 3 is 3.08 bits per heavy atom. The van der Waals surface area contributed by atoms with Crippen molar-refractivity contribution in [3.63, 3.8) is 0 Å². The molecule has 0 fully saturated rings. The minimum Gasteiger partial charge on any atom is -0.259 e. The van der Waals surface area contributed by atoms with Crippen LogP contribution in [-0.2, 0) is 6.42 Å². The molecule has 1 aliphatic heterocycles. The van der Waals surface area contributed by atoms with Crippen LogP contribution in [0.1, 0.15) is 12.5 Å². The van der Waals surface area contributed by atoms with Crippen LogP contribution < -0.4 is 0 Å². The fourth-order valence-electron chi connectivity index (χ4n) is 1.65. The summed E-state index contributed by atoms with van der Waals surface area (Å²) in [4.78, 5) is 5.79. The molecule has 0 saturated carbocycles. The minimum atomic E-state index is 0.588. The van der Waals surface area contributed by atoms with Crippen molar-refractivity contribution in [2.45, 2.75) is 18.2 Å². The quantitative estimate of drug-likeness (QED) is 0.620. The van der Waals surface area contributed by atoms with E-state index in [1.54, 1.807) is 11.8 Å². The van der Waals surface area contributed by atoms with Crippen molar-refractivity contribution < 1.29 is 0 Å². The summed E-state index contributed by atoms with van der Waals surface area (Å²) in [6, 6.07) is 6.44. The summed E-state index contributed by atoms with van der Waals surface area (Å²) >= 11 is 1.77. The largest absolute Gasteiger partial charge is 0.259 e. The summed E-state index contributed by atoms with van der Waals surface area (Å²) in [6.07, 6.45) is 5.29. The van der Waals surface area contributed by atoms with Gasteiger partial charge in [-0.25, -0.2) is 0 Å². The SMILES string of the molecule is CSc1cccc2c1N=CC(C)C2. The molecule has 0 bridgehead atoms. The number of nitrogens with zero attached hydrogens (tertiary/aromatic N) is 1. The first-order valence-electron chi connectivity index (χ1n) is 4.51. The number of thioether (sulfide) groups is 1. The van der Waals surface area contributed by atoms with Gasteiger partial charge in [0.05, 0.1) is 5.69 Å². The van der Waals surface area contributed by atoms with Gasteiger partial charge in [-0.3, -0.25) is 4.99 Å². The molecule has 1 nitrogen and oxygen atoms in total. The molecule has 1 aromatic rings. The summed E-state index contributed by atoms with van der Waals surface area (Å²) in [6.45, 7) is 2.21. The molecular weight excluding hydrogens is 178 g/mol. The Morgan fingerprint density at radius 2 is 2.31 bits per heavy atom. The number of rotatable bonds is 1. The van der Waals surface area contributed by atoms with Crippen LogP contribution in [0.15, 0.2) is 28.1 Å². The van der Waals surface area contributed by atoms with Crippen molar-refractivity contribution in [2.24, 2.45) is 10.9 Å². The highest BCUT2D eigenvalue weighted by Crippen LogP contribution is 2.34. The first kappa shape index (κ1) is 8.82. The molecule has 0 amide bonds. The molecule has 1 unspecified atom stereocenters. The lowest BCUT2D eigenvalue weighted by molar-refractivity contribution is 0.768. The van der Waals surface area contributed by atoms with Gasteiger partial charge in [0.25, 0.3) is 0 Å². The highest BCUT2D eigenvalue weighted by atomic mass is 32.2. The van der Waals surface area contributed by atoms with Crippen LogP contribution in [0.4, 0.5) is 5.69 Å². The van der Waals surface area contributed by atoms with Crippen LogP contribution in [0.3, 0.4) is 0 Å². The lowest BCUT2D eigenvalue weighted by Crippen LogP contribution is -2.05. The van der Waals surface area contributed by atoms with Gasteiger partial charge in [0.2, 0.25) is 0 Å². The molecular formula is C11H13NS. The van der Waals surface area contributed by atoms with Gasteiger partial charge in [-0.15, -0.1) is 11.8 Å². The maximum absolute atomic E-state index is 4.50. The number of hydrogen-bond acceptors (Lipinski definition) is 2. The smallest absolute Gasteiger partial charge is 0.0793 e. The minimum absolute atomic E-state index is 0.588. The molecule has 1 heterocycles. The molecule has 0 aromatic heterocycles. The average Bonchev–Trinajstić information content (AvgIpc) is 2.16. The fourth-order valence-corrected chi connectivity index (χ4v) is 2.24. The molecule has 2 heteroatoms. The normalized spacial score (nSPS) is 20.0. The lowest BCUT2D eigenvalue weighted by Gasteiger charge is -2.16. The second-order valence-electron chi connectivity index (χ2n) is 3.43. The van der Waals surface area contributed by atoms with Gasteiger partial charge in [-0.1, -0.05) is 19.1 Å². The third-order valence-electron chi connectivity index (χ3n) is 2.30. The Balaban J connectivity index is 2.49. The Hall–Kier alpha value is -0.760. The number of fused-ring (bicyclic) bond motifs is 1. The molecule has 0 radical (unpaired) electrons. The molecule has 1 aliphatic rings. The first-order chi connectivity index (χ1) is 6.31. The highest BCUT2D eigenvalue weighted by molar-refractivity contribution is 7.98. The lowest BCUT2D eigenvalue weighted by atomic mass is 9.98. The fraction of sp³-hybridized carbons (Fsp3) is 0.364. The number of aliphatic imine (C=N–C) groups is 1. The standard InChI is InChI=1S/C11H13NS/c1-8-6-9-4-3-5-10(13-2)11(9)12-7-8/h3-5,7-8H,6H2,1-2H3. The van der Waals surface area contributed by atoms with E-state index in [9.17, 15) is 0 Å². The molecule has 0 spiro atoms. The van der Waals surface area contributed by atoms with Crippen LogP contribution in [0.5, 0.6) is 0 Å². The zero-order valence-electron chi connectivity index (χ0n) is 7.95. The van der Waals surface area contributed by atoms with Gasteiger partial charge in [0, 0.05) is 11.1 Å². The number of para-hydroxylation sites is 1. The van der Waals surface area contributed by atoms with Crippen LogP contribution in [-0.4, -0.2) is 12.5 Å². The van der Waals surface area contributed by atoms with Gasteiger partial charge in [0.15, 0.2) is 0 Å². The van der Waals surface area contributed by atoms with E-state index < -0.39 is 0 Å². The van der Waals surface area contributed by atoms with E-state index in [-0.39, 0.29) is 0 Å². The monoisotopic (exact) mass is 191 g/mol. The second kappa shape index (κ2) is 3.54. The molecule has 1 atom stereocenters. The van der Waals surface area contributed by atoms with Gasteiger partial charge >= 0.3 is 0 Å². The van der Waals surface area contributed by atoms with Crippen molar-refractivity contribution in [3.8, 4) is 0 Å². The number of hydrogen-bond donors (Lipinski definition) is 0. The molecule has 1 aromatic carbocycles. The Morgan fingerprint density at radius 1 is 1.46 bits per heavy atom. The van der Waals surface area contributed by atoms with E-state index in [0.29, 0.717) is 5.92 Å². The summed E-state index contributed by atoms with van der Waals surface area (Å²) in [5.74, 6) is 0.588. The maximum atomic E-state index is 4.50. The predicted octanol–water partition coefficient (Wildman–Crippen LogP) is 3.30. The molecule has 0 saturated heterocycles. The van der Waals surface area contributed by atoms with E-state index >= 15 is 0 Å². The Kier molecular flexibility index (Phi) is 2.40. The zero-order chi connectivity index (χ0) is 9.26. The van der Waals surface area contributed by atoms with E-state index in [1.165, 1.54) is 16.1 Å². The van der Waals surface area contributed by atoms with E-state index in [2.05, 4.69) is 42.6 Å². The van der Waals surface area contributed by atoms with Crippen LogP contribution in [0, 0.1) is 5.92 Å². The topological polar surface area (TPSA) is 12.4 Å². The Labute approximate surface area is 83.3 Å². The third-order valence-corrected chi connectivity index (χ3v) is 3.07. The van der Waals surface area contributed by atoms with Crippen molar-refractivity contribution in [1.82, 2.24) is 0 Å². The van der Waals surface area contributed by atoms with E-state index in [1.807, 2.05) is 0 Å². The summed E-state index contributed by atoms with van der Waals surface area (Å²) in [5.41, 5.74) is 2.58. The number of benzene rings is 1. The molecule has 0 aliphatic carbocycles. The van der Waals surface area contributed by atoms with E-state index in [4.69, 9.17) is 0 Å². The van der Waals surface area contributed by atoms with Crippen molar-refractivity contribution in [3.05, 3.63) is 23.8 Å². The van der Waals surface area contributed by atoms with Crippen LogP contribution in [0.25, 0.3) is 0 Å². The predicted molar refractivity (Wildman–Crippen MR) is 59.2 cm³/mol. The van der Waals surface area contributed by atoms with Gasteiger partial charge in [0.1, 0.15) is 0 Å².